The number of anilines is 2. The number of nitrogens with zero attached hydrogens (tertiary/aromatic N) is 2. The topological polar surface area (TPSA) is 142 Å². The molecule has 0 fully saturated rings. The molecule has 0 spiro atoms. The fraction of sp³-hybridized carbons (Fsp3) is 0.421. The second-order valence-corrected chi connectivity index (χ2v) is 8.84. The minimum Gasteiger partial charge on any atom is -0.453 e. The highest BCUT2D eigenvalue weighted by Gasteiger charge is 2.25. The minimum absolute atomic E-state index is 0.208. The molecule has 0 bridgehead atoms. The van der Waals surface area contributed by atoms with Crippen LogP contribution in [0.4, 0.5) is 10.8 Å². The van der Waals surface area contributed by atoms with E-state index in [2.05, 4.69) is 5.32 Å². The van der Waals surface area contributed by atoms with Gasteiger partial charge in [-0.2, -0.15) is 0 Å². The van der Waals surface area contributed by atoms with E-state index in [1.165, 1.54) is 14.1 Å². The minimum atomic E-state index is -0.865. The number of aromatic nitrogens is 2. The SMILES string of the molecule is Cc1cc(NC(=O)C(C)(C)C)sc1C(=O)OCC(=O)c1c(N)n(C)c(=O)n(C)c1=O. The first-order valence-electron chi connectivity index (χ1n) is 8.93. The van der Waals surface area contributed by atoms with Crippen LogP contribution < -0.4 is 22.3 Å². The van der Waals surface area contributed by atoms with Gasteiger partial charge in [-0.05, 0) is 18.6 Å². The highest BCUT2D eigenvalue weighted by molar-refractivity contribution is 7.18. The van der Waals surface area contributed by atoms with Crippen LogP contribution in [0.15, 0.2) is 15.7 Å². The van der Waals surface area contributed by atoms with E-state index in [4.69, 9.17) is 10.5 Å². The monoisotopic (exact) mass is 436 g/mol. The largest absolute Gasteiger partial charge is 0.453 e. The number of hydrogen-bond donors (Lipinski definition) is 2. The number of nitrogen functional groups attached to an aromatic ring is 1. The fourth-order valence-corrected chi connectivity index (χ4v) is 3.40. The molecule has 0 aliphatic rings. The van der Waals surface area contributed by atoms with Crippen LogP contribution >= 0.6 is 11.3 Å². The summed E-state index contributed by atoms with van der Waals surface area (Å²) >= 11 is 1.02. The number of esters is 1. The van der Waals surface area contributed by atoms with E-state index in [0.29, 0.717) is 10.6 Å². The molecule has 2 aromatic heterocycles. The number of carbonyl (C=O) groups is 3. The fourth-order valence-electron chi connectivity index (χ4n) is 2.44. The van der Waals surface area contributed by atoms with Crippen LogP contribution in [0.5, 0.6) is 0 Å². The van der Waals surface area contributed by atoms with Gasteiger partial charge in [-0.3, -0.25) is 23.5 Å². The number of ether oxygens (including phenoxy) is 1. The van der Waals surface area contributed by atoms with E-state index in [-0.39, 0.29) is 16.6 Å². The summed E-state index contributed by atoms with van der Waals surface area (Å²) in [4.78, 5) is 61.2. The maximum absolute atomic E-state index is 12.4. The van der Waals surface area contributed by atoms with E-state index in [1.54, 1.807) is 33.8 Å². The van der Waals surface area contributed by atoms with Crippen LogP contribution in [0.25, 0.3) is 0 Å². The number of hydrogen-bond acceptors (Lipinski definition) is 8. The third-order valence-electron chi connectivity index (χ3n) is 4.34. The van der Waals surface area contributed by atoms with Gasteiger partial charge in [0.2, 0.25) is 11.7 Å². The molecular formula is C19H24N4O6S. The molecule has 0 radical (unpaired) electrons. The number of ketones is 1. The molecule has 0 saturated carbocycles. The predicted molar refractivity (Wildman–Crippen MR) is 113 cm³/mol. The molecular weight excluding hydrogens is 412 g/mol. The van der Waals surface area contributed by atoms with Crippen molar-refractivity contribution in [3.63, 3.8) is 0 Å². The lowest BCUT2D eigenvalue weighted by Crippen LogP contribution is -2.42. The average molecular weight is 436 g/mol. The van der Waals surface area contributed by atoms with Crippen molar-refractivity contribution in [2.75, 3.05) is 17.7 Å². The van der Waals surface area contributed by atoms with Gasteiger partial charge in [-0.25, -0.2) is 9.59 Å². The first kappa shape index (κ1) is 23.1. The van der Waals surface area contributed by atoms with Crippen molar-refractivity contribution in [1.82, 2.24) is 9.13 Å². The van der Waals surface area contributed by atoms with Crippen LogP contribution in [0.3, 0.4) is 0 Å². The Kier molecular flexibility index (Phi) is 6.36. The van der Waals surface area contributed by atoms with Gasteiger partial charge in [0.25, 0.3) is 5.56 Å². The molecule has 2 rings (SSSR count). The summed E-state index contributed by atoms with van der Waals surface area (Å²) in [5, 5.41) is 3.21. The maximum atomic E-state index is 12.4. The van der Waals surface area contributed by atoms with Crippen molar-refractivity contribution in [3.8, 4) is 0 Å². The first-order chi connectivity index (χ1) is 13.8. The van der Waals surface area contributed by atoms with Gasteiger partial charge in [0.05, 0.1) is 5.00 Å². The lowest BCUT2D eigenvalue weighted by Gasteiger charge is -2.16. The summed E-state index contributed by atoms with van der Waals surface area (Å²) in [6.45, 7) is 6.23. The quantitative estimate of drug-likeness (QED) is 0.527. The van der Waals surface area contributed by atoms with Crippen LogP contribution in [-0.2, 0) is 23.6 Å². The molecule has 0 aliphatic heterocycles. The molecule has 1 amide bonds. The third-order valence-corrected chi connectivity index (χ3v) is 5.48. The summed E-state index contributed by atoms with van der Waals surface area (Å²) in [6, 6.07) is 1.63. The summed E-state index contributed by atoms with van der Waals surface area (Å²) < 4.78 is 6.76. The smallest absolute Gasteiger partial charge is 0.349 e. The van der Waals surface area contributed by atoms with Crippen LogP contribution in [-0.4, -0.2) is 33.4 Å². The predicted octanol–water partition coefficient (Wildman–Crippen LogP) is 1.06. The number of rotatable bonds is 5. The van der Waals surface area contributed by atoms with E-state index in [9.17, 15) is 24.0 Å². The highest BCUT2D eigenvalue weighted by Crippen LogP contribution is 2.29. The van der Waals surface area contributed by atoms with Crippen molar-refractivity contribution in [1.29, 1.82) is 0 Å². The standard InChI is InChI=1S/C19H24N4O6S/c1-9-7-11(21-17(27)19(2,3)4)30-13(9)16(26)29-8-10(24)12-14(20)22(5)18(28)23(6)15(12)25/h7H,8,20H2,1-6H3,(H,21,27). The molecule has 10 nitrogen and oxygen atoms in total. The van der Waals surface area contributed by atoms with Crippen LogP contribution in [0, 0.1) is 12.3 Å². The number of nitrogens with one attached hydrogen (secondary N) is 1. The van der Waals surface area contributed by atoms with Gasteiger partial charge in [0, 0.05) is 19.5 Å². The Morgan fingerprint density at radius 1 is 1.17 bits per heavy atom. The summed E-state index contributed by atoms with van der Waals surface area (Å²) in [7, 11) is 2.54. The number of aryl methyl sites for hydroxylation is 1. The Labute approximate surface area is 176 Å². The van der Waals surface area contributed by atoms with Gasteiger partial charge in [0.1, 0.15) is 16.3 Å². The molecule has 3 N–H and O–H groups in total. The zero-order valence-corrected chi connectivity index (χ0v) is 18.4. The van der Waals surface area contributed by atoms with Crippen molar-refractivity contribution >= 4 is 39.8 Å². The van der Waals surface area contributed by atoms with Crippen molar-refractivity contribution in [2.45, 2.75) is 27.7 Å². The average Bonchev–Trinajstić information content (AvgIpc) is 3.02. The Morgan fingerprint density at radius 2 is 1.77 bits per heavy atom. The normalized spacial score (nSPS) is 11.3. The van der Waals surface area contributed by atoms with Gasteiger partial charge >= 0.3 is 11.7 Å². The molecule has 0 atom stereocenters. The Morgan fingerprint density at radius 3 is 2.33 bits per heavy atom. The Balaban J connectivity index is 2.18. The molecule has 0 aliphatic carbocycles. The Hall–Kier alpha value is -3.21. The molecule has 0 unspecified atom stereocenters. The number of amides is 1. The number of nitrogens with two attached hydrogens (primary N) is 1. The van der Waals surface area contributed by atoms with E-state index >= 15 is 0 Å². The van der Waals surface area contributed by atoms with E-state index < -0.39 is 40.6 Å². The van der Waals surface area contributed by atoms with Crippen molar-refractivity contribution in [3.05, 3.63) is 42.9 Å². The molecule has 0 aromatic carbocycles. The van der Waals surface area contributed by atoms with Crippen molar-refractivity contribution < 1.29 is 19.1 Å². The molecule has 162 valence electrons. The van der Waals surface area contributed by atoms with Crippen LogP contribution in [0.1, 0.15) is 46.4 Å². The van der Waals surface area contributed by atoms with Crippen LogP contribution in [0.2, 0.25) is 0 Å². The van der Waals surface area contributed by atoms with E-state index in [1.807, 2.05) is 0 Å². The van der Waals surface area contributed by atoms with Gasteiger partial charge in [-0.15, -0.1) is 11.3 Å². The number of thiophene rings is 1. The van der Waals surface area contributed by atoms with Gasteiger partial charge in [-0.1, -0.05) is 20.8 Å². The van der Waals surface area contributed by atoms with Gasteiger partial charge < -0.3 is 15.8 Å². The maximum Gasteiger partial charge on any atom is 0.349 e. The molecule has 30 heavy (non-hydrogen) atoms. The summed E-state index contributed by atoms with van der Waals surface area (Å²) in [5.41, 5.74) is 3.73. The summed E-state index contributed by atoms with van der Waals surface area (Å²) in [6.07, 6.45) is 0. The van der Waals surface area contributed by atoms with E-state index in [0.717, 1.165) is 20.5 Å². The number of Topliss-reactive ketones (excluding diaryl/α,β-unsaturated/α-hetero) is 1. The second-order valence-electron chi connectivity index (χ2n) is 7.79. The molecule has 2 heterocycles. The molecule has 0 saturated heterocycles. The zero-order chi connectivity index (χ0) is 23.0. The lowest BCUT2D eigenvalue weighted by atomic mass is 9.96. The molecule has 11 heteroatoms. The lowest BCUT2D eigenvalue weighted by molar-refractivity contribution is -0.123. The number of carbonyl (C=O) groups excluding carboxylic acids is 3. The molecule has 2 aromatic rings. The second kappa shape index (κ2) is 8.27. The third kappa shape index (κ3) is 4.51. The Bertz CT molecular complexity index is 1150. The van der Waals surface area contributed by atoms with Crippen molar-refractivity contribution in [2.24, 2.45) is 19.5 Å². The zero-order valence-electron chi connectivity index (χ0n) is 17.6. The summed E-state index contributed by atoms with van der Waals surface area (Å²) in [5.74, 6) is -2.11. The van der Waals surface area contributed by atoms with Gasteiger partial charge in [0.15, 0.2) is 6.61 Å². The highest BCUT2D eigenvalue weighted by atomic mass is 32.1. The first-order valence-corrected chi connectivity index (χ1v) is 9.75.